The molecule has 2 aliphatic heterocycles. The average molecular weight is 404 g/mol. The number of aliphatic hydroxyl groups is 2. The van der Waals surface area contributed by atoms with Crippen LogP contribution in [0.5, 0.6) is 0 Å². The smallest absolute Gasteiger partial charge is 0.274 e. The molecule has 5 rings (SSSR count). The lowest BCUT2D eigenvalue weighted by Gasteiger charge is -2.43. The quantitative estimate of drug-likeness (QED) is 0.535. The van der Waals surface area contributed by atoms with Gasteiger partial charge >= 0.3 is 0 Å². The summed E-state index contributed by atoms with van der Waals surface area (Å²) < 4.78 is 5.48. The van der Waals surface area contributed by atoms with E-state index in [0.717, 1.165) is 24.1 Å². The highest BCUT2D eigenvalue weighted by Crippen LogP contribution is 2.44. The molecule has 1 aromatic heterocycles. The summed E-state index contributed by atoms with van der Waals surface area (Å²) >= 11 is 0. The van der Waals surface area contributed by atoms with E-state index in [2.05, 4.69) is 15.5 Å². The van der Waals surface area contributed by atoms with Crippen molar-refractivity contribution in [1.29, 1.82) is 0 Å². The number of H-pyrrole nitrogens is 1. The second kappa shape index (κ2) is 7.07. The maximum atomic E-state index is 13.2. The molecule has 4 aliphatic rings. The van der Waals surface area contributed by atoms with Crippen molar-refractivity contribution in [2.75, 3.05) is 19.7 Å². The Balaban J connectivity index is 1.39. The fraction of sp³-hybridized carbons (Fsp3) is 0.750. The van der Waals surface area contributed by atoms with Crippen LogP contribution in [0.2, 0.25) is 0 Å². The summed E-state index contributed by atoms with van der Waals surface area (Å²) in [6.07, 6.45) is 0.751. The summed E-state index contributed by atoms with van der Waals surface area (Å²) in [6, 6.07) is 0.229. The van der Waals surface area contributed by atoms with Crippen molar-refractivity contribution in [3.63, 3.8) is 0 Å². The molecule has 0 spiro atoms. The van der Waals surface area contributed by atoms with Gasteiger partial charge in [-0.1, -0.05) is 6.92 Å². The number of carbonyl (C=O) groups excluding carboxylic acids is 2. The fourth-order valence-corrected chi connectivity index (χ4v) is 5.32. The highest BCUT2D eigenvalue weighted by atomic mass is 16.5. The number of likely N-dealkylation sites (tertiary alicyclic amines) is 1. The first-order valence-corrected chi connectivity index (χ1v) is 10.6. The van der Waals surface area contributed by atoms with E-state index in [-0.39, 0.29) is 35.6 Å². The zero-order valence-electron chi connectivity index (χ0n) is 16.5. The van der Waals surface area contributed by atoms with Crippen molar-refractivity contribution < 1.29 is 24.5 Å². The van der Waals surface area contributed by atoms with E-state index in [1.807, 2.05) is 6.92 Å². The molecule has 158 valence electrons. The highest BCUT2D eigenvalue weighted by Gasteiger charge is 2.55. The zero-order chi connectivity index (χ0) is 20.3. The van der Waals surface area contributed by atoms with E-state index < -0.39 is 18.1 Å². The molecule has 0 aromatic carbocycles. The van der Waals surface area contributed by atoms with E-state index in [1.54, 1.807) is 4.90 Å². The lowest BCUT2D eigenvalue weighted by Crippen LogP contribution is -2.55. The number of ether oxygens (including phenoxy) is 1. The molecule has 3 heterocycles. The van der Waals surface area contributed by atoms with Crippen LogP contribution in [0.1, 0.15) is 41.5 Å². The Bertz CT molecular complexity index is 822. The Morgan fingerprint density at radius 1 is 1.21 bits per heavy atom. The first kappa shape index (κ1) is 19.0. The van der Waals surface area contributed by atoms with Crippen LogP contribution in [0.15, 0.2) is 0 Å². The molecule has 1 aromatic rings. The number of amides is 2. The molecule has 1 saturated heterocycles. The highest BCUT2D eigenvalue weighted by molar-refractivity contribution is 5.94. The third-order valence-electron chi connectivity index (χ3n) is 7.18. The minimum Gasteiger partial charge on any atom is -0.390 e. The van der Waals surface area contributed by atoms with Gasteiger partial charge in [0.05, 0.1) is 25.4 Å². The van der Waals surface area contributed by atoms with Gasteiger partial charge < -0.3 is 25.2 Å². The van der Waals surface area contributed by atoms with Gasteiger partial charge in [0, 0.05) is 48.6 Å². The van der Waals surface area contributed by atoms with Crippen LogP contribution in [0.3, 0.4) is 0 Å². The molecular formula is C20H28N4O5. The molecule has 0 bridgehead atoms. The largest absolute Gasteiger partial charge is 0.390 e. The third kappa shape index (κ3) is 3.15. The maximum absolute atomic E-state index is 13.2. The fourth-order valence-electron chi connectivity index (χ4n) is 5.32. The summed E-state index contributed by atoms with van der Waals surface area (Å²) in [4.78, 5) is 27.8. The number of aromatic nitrogens is 2. The number of aliphatic hydroxyl groups excluding tert-OH is 2. The molecule has 0 unspecified atom stereocenters. The molecule has 2 saturated carbocycles. The Hall–Kier alpha value is -1.97. The second-order valence-electron chi connectivity index (χ2n) is 9.02. The van der Waals surface area contributed by atoms with E-state index in [9.17, 15) is 19.8 Å². The van der Waals surface area contributed by atoms with Gasteiger partial charge in [0.1, 0.15) is 0 Å². The first-order valence-electron chi connectivity index (χ1n) is 10.6. The van der Waals surface area contributed by atoms with Gasteiger partial charge in [0.15, 0.2) is 5.69 Å². The zero-order valence-corrected chi connectivity index (χ0v) is 16.5. The van der Waals surface area contributed by atoms with Crippen LogP contribution in [0, 0.1) is 23.7 Å². The number of hydrogen-bond acceptors (Lipinski definition) is 6. The molecule has 2 amide bonds. The van der Waals surface area contributed by atoms with Crippen molar-refractivity contribution in [3.05, 3.63) is 17.0 Å². The Morgan fingerprint density at radius 2 is 1.97 bits per heavy atom. The van der Waals surface area contributed by atoms with Crippen LogP contribution in [0.4, 0.5) is 0 Å². The lowest BCUT2D eigenvalue weighted by atomic mass is 9.65. The number of rotatable bonds is 3. The van der Waals surface area contributed by atoms with Gasteiger partial charge in [-0.2, -0.15) is 5.10 Å². The van der Waals surface area contributed by atoms with Gasteiger partial charge in [-0.3, -0.25) is 14.7 Å². The molecule has 2 aliphatic carbocycles. The minimum atomic E-state index is -0.979. The standard InChI is InChI=1S/C20H28N4O5/c1-9-15(19(27)21-10-2-3-10)11-6-24(7-12(11)18(26)17(9)25)20(28)16-13-8-29-5-4-14(13)22-23-16/h9-12,15,17-18,25-26H,2-8H2,1H3,(H,21,27)(H,22,23)/t9-,11+,12+,15+,17+,18+/m1/s1. The van der Waals surface area contributed by atoms with Crippen LogP contribution in [-0.4, -0.2) is 75.1 Å². The molecule has 9 nitrogen and oxygen atoms in total. The van der Waals surface area contributed by atoms with Gasteiger partial charge in [-0.15, -0.1) is 0 Å². The SMILES string of the molecule is C[C@H]1[C@H](O)[C@@H](O)[C@H]2CN(C(=O)c3n[nH]c4c3COCC4)C[C@@H]2[C@H]1C(=O)NC1CC1. The van der Waals surface area contributed by atoms with Gasteiger partial charge in [-0.25, -0.2) is 0 Å². The molecule has 6 atom stereocenters. The molecule has 3 fully saturated rings. The predicted octanol–water partition coefficient (Wildman–Crippen LogP) is -0.563. The lowest BCUT2D eigenvalue weighted by molar-refractivity contribution is -0.145. The van der Waals surface area contributed by atoms with Gasteiger partial charge in [-0.05, 0) is 24.7 Å². The number of aromatic amines is 1. The van der Waals surface area contributed by atoms with E-state index >= 15 is 0 Å². The van der Waals surface area contributed by atoms with Crippen molar-refractivity contribution in [1.82, 2.24) is 20.4 Å². The van der Waals surface area contributed by atoms with Crippen LogP contribution in [-0.2, 0) is 22.6 Å². The predicted molar refractivity (Wildman–Crippen MR) is 101 cm³/mol. The minimum absolute atomic E-state index is 0.0687. The summed E-state index contributed by atoms with van der Waals surface area (Å²) in [7, 11) is 0. The summed E-state index contributed by atoms with van der Waals surface area (Å²) in [5, 5.41) is 31.4. The maximum Gasteiger partial charge on any atom is 0.274 e. The molecule has 4 N–H and O–H groups in total. The van der Waals surface area contributed by atoms with Gasteiger partial charge in [0.2, 0.25) is 5.91 Å². The Labute approximate surface area is 168 Å². The van der Waals surface area contributed by atoms with E-state index in [1.165, 1.54) is 0 Å². The van der Waals surface area contributed by atoms with E-state index in [0.29, 0.717) is 38.4 Å². The number of nitrogens with one attached hydrogen (secondary N) is 2. The molecule has 29 heavy (non-hydrogen) atoms. The topological polar surface area (TPSA) is 128 Å². The summed E-state index contributed by atoms with van der Waals surface area (Å²) in [5.74, 6) is -1.58. The molecular weight excluding hydrogens is 376 g/mol. The van der Waals surface area contributed by atoms with Crippen LogP contribution < -0.4 is 5.32 Å². The Kier molecular flexibility index (Phi) is 4.64. The third-order valence-corrected chi connectivity index (χ3v) is 7.18. The number of carbonyl (C=O) groups is 2. The second-order valence-corrected chi connectivity index (χ2v) is 9.02. The van der Waals surface area contributed by atoms with Gasteiger partial charge in [0.25, 0.3) is 5.91 Å². The number of hydrogen-bond donors (Lipinski definition) is 4. The normalized spacial score (nSPS) is 36.4. The van der Waals surface area contributed by atoms with Crippen molar-refractivity contribution in [2.24, 2.45) is 23.7 Å². The Morgan fingerprint density at radius 3 is 2.72 bits per heavy atom. The first-order chi connectivity index (χ1) is 14.0. The van der Waals surface area contributed by atoms with Crippen molar-refractivity contribution in [2.45, 2.75) is 51.0 Å². The average Bonchev–Trinajstić information content (AvgIpc) is 3.26. The monoisotopic (exact) mass is 404 g/mol. The van der Waals surface area contributed by atoms with Crippen LogP contribution in [0.25, 0.3) is 0 Å². The van der Waals surface area contributed by atoms with Crippen molar-refractivity contribution >= 4 is 11.8 Å². The summed E-state index contributed by atoms with van der Waals surface area (Å²) in [5.41, 5.74) is 2.09. The number of nitrogens with zero attached hydrogens (tertiary/aromatic N) is 2. The van der Waals surface area contributed by atoms with Crippen LogP contribution >= 0.6 is 0 Å². The molecule has 9 heteroatoms. The van der Waals surface area contributed by atoms with E-state index in [4.69, 9.17) is 4.74 Å². The number of fused-ring (bicyclic) bond motifs is 2. The summed E-state index contributed by atoms with van der Waals surface area (Å²) in [6.45, 7) is 3.47. The molecule has 0 radical (unpaired) electrons. The van der Waals surface area contributed by atoms with Crippen molar-refractivity contribution in [3.8, 4) is 0 Å².